The van der Waals surface area contributed by atoms with Crippen LogP contribution in [0.5, 0.6) is 0 Å². The third-order valence-corrected chi connectivity index (χ3v) is 7.34. The number of hydrogen-bond donors (Lipinski definition) is 1. The summed E-state index contributed by atoms with van der Waals surface area (Å²) in [6.45, 7) is 2.63. The topological polar surface area (TPSA) is 43.8 Å². The van der Waals surface area contributed by atoms with Crippen LogP contribution in [0.2, 0.25) is 0 Å². The Morgan fingerprint density at radius 2 is 1.46 bits per heavy atom. The van der Waals surface area contributed by atoms with Crippen molar-refractivity contribution in [2.24, 2.45) is 0 Å². The van der Waals surface area contributed by atoms with Crippen LogP contribution in [0.25, 0.3) is 0 Å². The van der Waals surface area contributed by atoms with E-state index in [1.165, 1.54) is 5.56 Å². The molecule has 178 valence electrons. The van der Waals surface area contributed by atoms with Crippen molar-refractivity contribution in [3.63, 3.8) is 0 Å². The van der Waals surface area contributed by atoms with Gasteiger partial charge in [0.2, 0.25) is 5.91 Å². The monoisotopic (exact) mass is 464 g/mol. The summed E-state index contributed by atoms with van der Waals surface area (Å²) in [5.74, 6) is 6.86. The molecule has 5 rings (SSSR count). The maximum Gasteiger partial charge on any atom is 0.227 e. The number of fused-ring (bicyclic) bond motifs is 1. The highest BCUT2D eigenvalue weighted by Gasteiger charge is 2.49. The van der Waals surface area contributed by atoms with E-state index in [1.54, 1.807) is 0 Å². The number of nitrogens with zero attached hydrogens (tertiary/aromatic N) is 2. The average Bonchev–Trinajstić information content (AvgIpc) is 2.88. The lowest BCUT2D eigenvalue weighted by Crippen LogP contribution is -2.68. The molecule has 0 spiro atoms. The van der Waals surface area contributed by atoms with E-state index in [0.717, 1.165) is 42.6 Å². The van der Waals surface area contributed by atoms with Gasteiger partial charge in [-0.2, -0.15) is 0 Å². The summed E-state index contributed by atoms with van der Waals surface area (Å²) < 4.78 is 0. The van der Waals surface area contributed by atoms with Crippen molar-refractivity contribution in [1.82, 2.24) is 9.80 Å². The van der Waals surface area contributed by atoms with Gasteiger partial charge in [0.15, 0.2) is 0 Å². The molecule has 0 unspecified atom stereocenters. The van der Waals surface area contributed by atoms with Crippen molar-refractivity contribution < 1.29 is 9.90 Å². The maximum absolute atomic E-state index is 13.2. The molecule has 2 fully saturated rings. The van der Waals surface area contributed by atoms with Gasteiger partial charge in [-0.05, 0) is 54.8 Å². The largest absolute Gasteiger partial charge is 0.395 e. The van der Waals surface area contributed by atoms with Gasteiger partial charge < -0.3 is 10.0 Å². The summed E-state index contributed by atoms with van der Waals surface area (Å²) >= 11 is 0. The highest BCUT2D eigenvalue weighted by Crippen LogP contribution is 2.42. The summed E-state index contributed by atoms with van der Waals surface area (Å²) in [4.78, 5) is 17.6. The molecule has 2 heterocycles. The van der Waals surface area contributed by atoms with Crippen molar-refractivity contribution in [1.29, 1.82) is 0 Å². The van der Waals surface area contributed by atoms with Crippen molar-refractivity contribution in [3.05, 3.63) is 107 Å². The second-order valence-electron chi connectivity index (χ2n) is 9.53. The van der Waals surface area contributed by atoms with E-state index in [2.05, 4.69) is 41.0 Å². The molecule has 1 amide bonds. The fourth-order valence-electron chi connectivity index (χ4n) is 5.50. The normalized spacial score (nSPS) is 22.1. The molecule has 2 saturated heterocycles. The first kappa shape index (κ1) is 23.4. The number of hydrogen-bond acceptors (Lipinski definition) is 3. The van der Waals surface area contributed by atoms with E-state index >= 15 is 0 Å². The maximum atomic E-state index is 13.2. The molecule has 2 aliphatic heterocycles. The minimum Gasteiger partial charge on any atom is -0.395 e. The highest BCUT2D eigenvalue weighted by atomic mass is 16.3. The molecule has 0 saturated carbocycles. The molecule has 0 radical (unpaired) electrons. The lowest BCUT2D eigenvalue weighted by Gasteiger charge is -2.57. The molecular weight excluding hydrogens is 432 g/mol. The number of carbonyl (C=O) groups excluding carboxylic acids is 1. The van der Waals surface area contributed by atoms with E-state index in [0.29, 0.717) is 13.0 Å². The molecule has 4 nitrogen and oxygen atoms in total. The number of aliphatic hydroxyl groups is 1. The van der Waals surface area contributed by atoms with Crippen LogP contribution in [0.4, 0.5) is 0 Å². The fourth-order valence-corrected chi connectivity index (χ4v) is 5.50. The van der Waals surface area contributed by atoms with E-state index in [4.69, 9.17) is 0 Å². The standard InChI is InChI=1S/C31H32N2O2/c34-23-29-31(27-17-15-25(16-18-27)14-13-24-9-3-1-4-10-24)28-22-32(19-7-8-20-33(28)29)30(35)21-26-11-5-2-6-12-26/h1-6,9-12,15-18,28-29,31,34H,7-8,19-23H2/t28-,29+,31-/m1/s1. The second-order valence-corrected chi connectivity index (χ2v) is 9.53. The molecule has 1 N–H and O–H groups in total. The Labute approximate surface area is 208 Å². The van der Waals surface area contributed by atoms with Crippen molar-refractivity contribution in [2.45, 2.75) is 37.3 Å². The van der Waals surface area contributed by atoms with Gasteiger partial charge in [0, 0.05) is 42.2 Å². The van der Waals surface area contributed by atoms with Crippen molar-refractivity contribution in [3.8, 4) is 11.8 Å². The van der Waals surface area contributed by atoms with Gasteiger partial charge in [0.1, 0.15) is 0 Å². The lowest BCUT2D eigenvalue weighted by molar-refractivity contribution is -0.135. The predicted octanol–water partition coefficient (Wildman–Crippen LogP) is 4.08. The first-order chi connectivity index (χ1) is 17.2. The van der Waals surface area contributed by atoms with Gasteiger partial charge in [0.05, 0.1) is 13.0 Å². The molecule has 0 aromatic heterocycles. The minimum atomic E-state index is 0.102. The van der Waals surface area contributed by atoms with Crippen LogP contribution >= 0.6 is 0 Å². The Bertz CT molecular complexity index is 1180. The number of rotatable bonds is 4. The Hall–Kier alpha value is -3.39. The Kier molecular flexibility index (Phi) is 7.28. The van der Waals surface area contributed by atoms with Gasteiger partial charge >= 0.3 is 0 Å². The molecule has 3 aromatic carbocycles. The van der Waals surface area contributed by atoms with Gasteiger partial charge in [-0.1, -0.05) is 72.5 Å². The fraction of sp³-hybridized carbons (Fsp3) is 0.323. The summed E-state index contributed by atoms with van der Waals surface area (Å²) in [6, 6.07) is 28.8. The average molecular weight is 465 g/mol. The van der Waals surface area contributed by atoms with Crippen LogP contribution in [-0.2, 0) is 11.2 Å². The van der Waals surface area contributed by atoms with E-state index < -0.39 is 0 Å². The number of amides is 1. The summed E-state index contributed by atoms with van der Waals surface area (Å²) in [6.07, 6.45) is 2.49. The zero-order valence-electron chi connectivity index (χ0n) is 20.0. The van der Waals surface area contributed by atoms with Gasteiger partial charge in [-0.3, -0.25) is 9.69 Å². The first-order valence-corrected chi connectivity index (χ1v) is 12.6. The van der Waals surface area contributed by atoms with E-state index in [9.17, 15) is 9.90 Å². The zero-order chi connectivity index (χ0) is 24.0. The summed E-state index contributed by atoms with van der Waals surface area (Å²) in [7, 11) is 0. The third kappa shape index (κ3) is 5.32. The second kappa shape index (κ2) is 10.9. The van der Waals surface area contributed by atoms with E-state index in [1.807, 2.05) is 65.6 Å². The van der Waals surface area contributed by atoms with Crippen LogP contribution in [0.1, 0.15) is 41.0 Å². The quantitative estimate of drug-likeness (QED) is 0.592. The zero-order valence-corrected chi connectivity index (χ0v) is 20.0. The number of benzene rings is 3. The lowest BCUT2D eigenvalue weighted by atomic mass is 9.74. The van der Waals surface area contributed by atoms with Crippen LogP contribution in [0, 0.1) is 11.8 Å². The van der Waals surface area contributed by atoms with Gasteiger partial charge in [0.25, 0.3) is 0 Å². The molecule has 0 bridgehead atoms. The smallest absolute Gasteiger partial charge is 0.227 e. The molecule has 4 heteroatoms. The molecule has 3 atom stereocenters. The molecule has 2 aliphatic rings. The Morgan fingerprint density at radius 3 is 2.14 bits per heavy atom. The summed E-state index contributed by atoms with van der Waals surface area (Å²) in [5.41, 5.74) is 4.25. The van der Waals surface area contributed by atoms with Gasteiger partial charge in [-0.25, -0.2) is 0 Å². The predicted molar refractivity (Wildman–Crippen MR) is 139 cm³/mol. The first-order valence-electron chi connectivity index (χ1n) is 12.6. The van der Waals surface area contributed by atoms with E-state index in [-0.39, 0.29) is 30.5 Å². The molecule has 3 aromatic rings. The van der Waals surface area contributed by atoms with Crippen molar-refractivity contribution in [2.75, 3.05) is 26.2 Å². The SMILES string of the molecule is O=C(Cc1ccccc1)N1CCCCN2[C@H](C1)[C@@H](c1ccc(C#Cc3ccccc3)cc1)[C@@H]2CO. The number of aliphatic hydroxyl groups excluding tert-OH is 1. The number of carbonyl (C=O) groups is 1. The molecular formula is C31H32N2O2. The van der Waals surface area contributed by atoms with Crippen LogP contribution in [0.3, 0.4) is 0 Å². The van der Waals surface area contributed by atoms with Crippen LogP contribution < -0.4 is 0 Å². The van der Waals surface area contributed by atoms with Crippen LogP contribution in [-0.4, -0.2) is 59.1 Å². The summed E-state index contributed by atoms with van der Waals surface area (Å²) in [5, 5.41) is 10.2. The van der Waals surface area contributed by atoms with Crippen molar-refractivity contribution >= 4 is 5.91 Å². The van der Waals surface area contributed by atoms with Crippen LogP contribution in [0.15, 0.2) is 84.9 Å². The Morgan fingerprint density at radius 1 is 0.829 bits per heavy atom. The molecule has 35 heavy (non-hydrogen) atoms. The van der Waals surface area contributed by atoms with Gasteiger partial charge in [-0.15, -0.1) is 0 Å². The molecule has 0 aliphatic carbocycles. The third-order valence-electron chi connectivity index (χ3n) is 7.34. The minimum absolute atomic E-state index is 0.102. The highest BCUT2D eigenvalue weighted by molar-refractivity contribution is 5.78. The Balaban J connectivity index is 1.32.